The van der Waals surface area contributed by atoms with Gasteiger partial charge in [-0.3, -0.25) is 14.4 Å². The lowest BCUT2D eigenvalue weighted by molar-refractivity contribution is -0.130. The molecule has 2 rings (SSSR count). The van der Waals surface area contributed by atoms with Crippen molar-refractivity contribution in [3.05, 3.63) is 71.0 Å². The van der Waals surface area contributed by atoms with E-state index in [9.17, 15) is 23.6 Å². The first-order valence-corrected chi connectivity index (χ1v) is 9.09. The lowest BCUT2D eigenvalue weighted by atomic mass is 10.0. The molecule has 9 heteroatoms. The van der Waals surface area contributed by atoms with Crippen LogP contribution >= 0.6 is 0 Å². The standard InChI is InChI=1S/C21H22FN3O5/c1-12(26)24-18(11-14-4-8-16(22)9-5-14)20(28)25-17(19(23)27)10-13-2-6-15(7-3-13)21(29)30/h2-9,17-18H,10-11H2,1H3,(H2,23,27)(H,24,26)(H,25,28)(H,29,30)/t17-,18-/m1/s1. The van der Waals surface area contributed by atoms with E-state index in [1.807, 2.05) is 0 Å². The van der Waals surface area contributed by atoms with E-state index in [0.717, 1.165) is 0 Å². The Hall–Kier alpha value is -3.75. The Morgan fingerprint density at radius 1 is 0.900 bits per heavy atom. The molecule has 0 aliphatic rings. The number of carboxylic acid groups (broad SMARTS) is 1. The van der Waals surface area contributed by atoms with E-state index in [4.69, 9.17) is 10.8 Å². The Bertz CT molecular complexity index is 929. The number of primary amides is 1. The van der Waals surface area contributed by atoms with Crippen LogP contribution in [0.5, 0.6) is 0 Å². The van der Waals surface area contributed by atoms with E-state index >= 15 is 0 Å². The monoisotopic (exact) mass is 415 g/mol. The number of benzene rings is 2. The average molecular weight is 415 g/mol. The van der Waals surface area contributed by atoms with Crippen LogP contribution in [-0.4, -0.2) is 40.9 Å². The smallest absolute Gasteiger partial charge is 0.335 e. The van der Waals surface area contributed by atoms with Gasteiger partial charge in [-0.05, 0) is 35.4 Å². The van der Waals surface area contributed by atoms with E-state index in [1.165, 1.54) is 55.5 Å². The molecule has 30 heavy (non-hydrogen) atoms. The molecule has 0 heterocycles. The fourth-order valence-corrected chi connectivity index (χ4v) is 2.83. The van der Waals surface area contributed by atoms with Gasteiger partial charge in [0.15, 0.2) is 0 Å². The minimum Gasteiger partial charge on any atom is -0.478 e. The molecule has 0 saturated carbocycles. The van der Waals surface area contributed by atoms with Crippen LogP contribution in [0.1, 0.15) is 28.4 Å². The molecular formula is C21H22FN3O5. The first-order chi connectivity index (χ1) is 14.2. The molecule has 0 fully saturated rings. The highest BCUT2D eigenvalue weighted by molar-refractivity contribution is 5.91. The minimum atomic E-state index is -1.08. The summed E-state index contributed by atoms with van der Waals surface area (Å²) < 4.78 is 13.1. The van der Waals surface area contributed by atoms with Crippen molar-refractivity contribution in [1.82, 2.24) is 10.6 Å². The van der Waals surface area contributed by atoms with Crippen molar-refractivity contribution in [3.8, 4) is 0 Å². The number of rotatable bonds is 9. The topological polar surface area (TPSA) is 139 Å². The number of amides is 3. The van der Waals surface area contributed by atoms with E-state index in [0.29, 0.717) is 11.1 Å². The molecule has 8 nitrogen and oxygen atoms in total. The number of hydrogen-bond donors (Lipinski definition) is 4. The lowest BCUT2D eigenvalue weighted by Gasteiger charge is -2.22. The van der Waals surface area contributed by atoms with Crippen LogP contribution in [0.3, 0.4) is 0 Å². The number of carboxylic acids is 1. The van der Waals surface area contributed by atoms with Crippen LogP contribution in [0.2, 0.25) is 0 Å². The van der Waals surface area contributed by atoms with Gasteiger partial charge < -0.3 is 21.5 Å². The molecule has 158 valence electrons. The van der Waals surface area contributed by atoms with Gasteiger partial charge in [0.2, 0.25) is 17.7 Å². The van der Waals surface area contributed by atoms with Gasteiger partial charge in [-0.2, -0.15) is 0 Å². The highest BCUT2D eigenvalue weighted by atomic mass is 19.1. The minimum absolute atomic E-state index is 0.0459. The van der Waals surface area contributed by atoms with E-state index in [-0.39, 0.29) is 18.4 Å². The molecule has 2 atom stereocenters. The summed E-state index contributed by atoms with van der Waals surface area (Å²) in [5, 5.41) is 14.0. The van der Waals surface area contributed by atoms with E-state index < -0.39 is 41.6 Å². The predicted octanol–water partition coefficient (Wildman–Crippen LogP) is 0.784. The normalized spacial score (nSPS) is 12.5. The number of halogens is 1. The van der Waals surface area contributed by atoms with Crippen LogP contribution in [0.15, 0.2) is 48.5 Å². The van der Waals surface area contributed by atoms with Gasteiger partial charge in [0, 0.05) is 19.8 Å². The second kappa shape index (κ2) is 10.1. The maximum atomic E-state index is 13.1. The Morgan fingerprint density at radius 2 is 1.40 bits per heavy atom. The van der Waals surface area contributed by atoms with Crippen LogP contribution < -0.4 is 16.4 Å². The molecule has 0 saturated heterocycles. The SMILES string of the molecule is CC(=O)N[C@H](Cc1ccc(F)cc1)C(=O)N[C@H](Cc1ccc(C(=O)O)cc1)C(N)=O. The van der Waals surface area contributed by atoms with Gasteiger partial charge in [-0.1, -0.05) is 24.3 Å². The van der Waals surface area contributed by atoms with Crippen molar-refractivity contribution in [1.29, 1.82) is 0 Å². The third-order valence-electron chi connectivity index (χ3n) is 4.35. The Morgan fingerprint density at radius 3 is 1.87 bits per heavy atom. The molecule has 0 aromatic heterocycles. The Labute approximate surface area is 172 Å². The number of carbonyl (C=O) groups excluding carboxylic acids is 3. The molecular weight excluding hydrogens is 393 g/mol. The Kier molecular flexibility index (Phi) is 7.62. The third-order valence-corrected chi connectivity index (χ3v) is 4.35. The highest BCUT2D eigenvalue weighted by Crippen LogP contribution is 2.09. The molecule has 0 unspecified atom stereocenters. The second-order valence-electron chi connectivity index (χ2n) is 6.75. The zero-order chi connectivity index (χ0) is 22.3. The summed E-state index contributed by atoms with van der Waals surface area (Å²) in [6.07, 6.45) is 0.134. The first-order valence-electron chi connectivity index (χ1n) is 9.09. The summed E-state index contributed by atoms with van der Waals surface area (Å²) in [6.45, 7) is 1.25. The third kappa shape index (κ3) is 6.69. The summed E-state index contributed by atoms with van der Waals surface area (Å²) in [5.74, 6) is -3.37. The van der Waals surface area contributed by atoms with Gasteiger partial charge in [0.05, 0.1) is 5.56 Å². The van der Waals surface area contributed by atoms with Crippen LogP contribution in [0.4, 0.5) is 4.39 Å². The van der Waals surface area contributed by atoms with E-state index in [1.54, 1.807) is 0 Å². The molecule has 5 N–H and O–H groups in total. The predicted molar refractivity (Wildman–Crippen MR) is 106 cm³/mol. The molecule has 3 amide bonds. The van der Waals surface area contributed by atoms with Gasteiger partial charge in [0.1, 0.15) is 17.9 Å². The van der Waals surface area contributed by atoms with Crippen molar-refractivity contribution in [2.24, 2.45) is 5.73 Å². The van der Waals surface area contributed by atoms with Gasteiger partial charge in [-0.15, -0.1) is 0 Å². The van der Waals surface area contributed by atoms with Crippen molar-refractivity contribution < 1.29 is 28.7 Å². The number of hydrogen-bond acceptors (Lipinski definition) is 4. The first kappa shape index (κ1) is 22.5. The number of nitrogens with one attached hydrogen (secondary N) is 2. The average Bonchev–Trinajstić information content (AvgIpc) is 2.68. The summed E-state index contributed by atoms with van der Waals surface area (Å²) in [7, 11) is 0. The molecule has 0 spiro atoms. The van der Waals surface area contributed by atoms with Crippen molar-refractivity contribution in [3.63, 3.8) is 0 Å². The number of carbonyl (C=O) groups is 4. The van der Waals surface area contributed by atoms with Gasteiger partial charge >= 0.3 is 5.97 Å². The summed E-state index contributed by atoms with van der Waals surface area (Å²) in [5.41, 5.74) is 6.70. The second-order valence-corrected chi connectivity index (χ2v) is 6.75. The maximum Gasteiger partial charge on any atom is 0.335 e. The van der Waals surface area contributed by atoms with Gasteiger partial charge in [-0.25, -0.2) is 9.18 Å². The summed E-state index contributed by atoms with van der Waals surface area (Å²) >= 11 is 0. The van der Waals surface area contributed by atoms with Crippen LogP contribution in [0, 0.1) is 5.82 Å². The van der Waals surface area contributed by atoms with Crippen molar-refractivity contribution in [2.45, 2.75) is 31.8 Å². The highest BCUT2D eigenvalue weighted by Gasteiger charge is 2.25. The quantitative estimate of drug-likeness (QED) is 0.479. The van der Waals surface area contributed by atoms with Crippen LogP contribution in [-0.2, 0) is 27.2 Å². The van der Waals surface area contributed by atoms with Gasteiger partial charge in [0.25, 0.3) is 0 Å². The molecule has 2 aromatic rings. The van der Waals surface area contributed by atoms with Crippen LogP contribution in [0.25, 0.3) is 0 Å². The van der Waals surface area contributed by atoms with Crippen molar-refractivity contribution in [2.75, 3.05) is 0 Å². The lowest BCUT2D eigenvalue weighted by Crippen LogP contribution is -2.54. The largest absolute Gasteiger partial charge is 0.478 e. The fourth-order valence-electron chi connectivity index (χ4n) is 2.83. The molecule has 2 aromatic carbocycles. The number of nitrogens with two attached hydrogens (primary N) is 1. The van der Waals surface area contributed by atoms with Crippen molar-refractivity contribution >= 4 is 23.7 Å². The molecule has 0 radical (unpaired) electrons. The molecule has 0 aliphatic carbocycles. The zero-order valence-electron chi connectivity index (χ0n) is 16.2. The zero-order valence-corrected chi connectivity index (χ0v) is 16.2. The molecule has 0 bridgehead atoms. The summed E-state index contributed by atoms with van der Waals surface area (Å²) in [4.78, 5) is 47.0. The van der Waals surface area contributed by atoms with E-state index in [2.05, 4.69) is 10.6 Å². The maximum absolute atomic E-state index is 13.1. The molecule has 0 aliphatic heterocycles. The summed E-state index contributed by atoms with van der Waals surface area (Å²) in [6, 6.07) is 9.21. The fraction of sp³-hybridized carbons (Fsp3) is 0.238. The Balaban J connectivity index is 2.12. The number of aromatic carboxylic acids is 1.